The summed E-state index contributed by atoms with van der Waals surface area (Å²) >= 11 is 0. The van der Waals surface area contributed by atoms with Gasteiger partial charge in [0.15, 0.2) is 0 Å². The molecule has 2 atom stereocenters. The molecule has 0 aromatic heterocycles. The summed E-state index contributed by atoms with van der Waals surface area (Å²) in [6.07, 6.45) is 5.31. The maximum Gasteiger partial charge on any atom is 0.317 e. The van der Waals surface area contributed by atoms with Crippen LogP contribution in [-0.2, 0) is 0 Å². The van der Waals surface area contributed by atoms with Crippen LogP contribution in [0.3, 0.4) is 0 Å². The number of carbonyl (C=O) groups excluding carboxylic acids is 1. The number of carbonyl (C=O) groups is 1. The molecule has 1 aliphatic heterocycles. The summed E-state index contributed by atoms with van der Waals surface area (Å²) in [4.78, 5) is 16.2. The number of hydrogen-bond donors (Lipinski definition) is 2. The van der Waals surface area contributed by atoms with Crippen molar-refractivity contribution < 1.29 is 9.90 Å². The normalized spacial score (nSPS) is 27.8. The lowest BCUT2D eigenvalue weighted by Gasteiger charge is -2.30. The van der Waals surface area contributed by atoms with Crippen molar-refractivity contribution in [1.29, 1.82) is 0 Å². The Morgan fingerprint density at radius 2 is 2.00 bits per heavy atom. The van der Waals surface area contributed by atoms with Gasteiger partial charge in [-0.25, -0.2) is 4.79 Å². The highest BCUT2D eigenvalue weighted by molar-refractivity contribution is 5.73. The molecule has 0 spiro atoms. The van der Waals surface area contributed by atoms with Gasteiger partial charge >= 0.3 is 6.03 Å². The smallest absolute Gasteiger partial charge is 0.317 e. The number of rotatable bonds is 5. The van der Waals surface area contributed by atoms with E-state index in [4.69, 9.17) is 0 Å². The van der Waals surface area contributed by atoms with E-state index in [2.05, 4.69) is 17.1 Å². The molecule has 5 nitrogen and oxygen atoms in total. The molecule has 2 fully saturated rings. The predicted octanol–water partition coefficient (Wildman–Crippen LogP) is 1.52. The molecule has 5 heteroatoms. The fraction of sp³-hybridized carbons (Fsp3) is 0.938. The zero-order valence-corrected chi connectivity index (χ0v) is 13.6. The standard InChI is InChI=1S/C16H31N3O2/c1-13-6-9-19(10-7-13)11-8-17-16(21)18(2)12-14-4-3-5-15(14)20/h13-15,20H,3-12H2,1-2H3,(H,17,21). The predicted molar refractivity (Wildman–Crippen MR) is 84.2 cm³/mol. The summed E-state index contributed by atoms with van der Waals surface area (Å²) < 4.78 is 0. The van der Waals surface area contributed by atoms with Crippen molar-refractivity contribution in [2.24, 2.45) is 11.8 Å². The molecular formula is C16H31N3O2. The number of aliphatic hydroxyl groups is 1. The van der Waals surface area contributed by atoms with E-state index in [1.165, 1.54) is 12.8 Å². The number of aliphatic hydroxyl groups excluding tert-OH is 1. The van der Waals surface area contributed by atoms with Crippen LogP contribution in [0.1, 0.15) is 39.0 Å². The van der Waals surface area contributed by atoms with Gasteiger partial charge in [0, 0.05) is 32.6 Å². The number of nitrogens with one attached hydrogen (secondary N) is 1. The van der Waals surface area contributed by atoms with Crippen LogP contribution in [0.2, 0.25) is 0 Å². The number of urea groups is 1. The van der Waals surface area contributed by atoms with E-state index in [1.807, 2.05) is 7.05 Å². The van der Waals surface area contributed by atoms with Crippen molar-refractivity contribution in [3.05, 3.63) is 0 Å². The molecule has 0 aromatic rings. The van der Waals surface area contributed by atoms with Gasteiger partial charge in [0.05, 0.1) is 6.10 Å². The van der Waals surface area contributed by atoms with Gasteiger partial charge in [-0.1, -0.05) is 13.3 Å². The van der Waals surface area contributed by atoms with E-state index >= 15 is 0 Å². The summed E-state index contributed by atoms with van der Waals surface area (Å²) in [5, 5.41) is 12.8. The molecule has 1 saturated carbocycles. The Hall–Kier alpha value is -0.810. The molecule has 2 amide bonds. The highest BCUT2D eigenvalue weighted by Gasteiger charge is 2.27. The molecule has 2 unspecified atom stereocenters. The Bertz CT molecular complexity index is 329. The van der Waals surface area contributed by atoms with Crippen molar-refractivity contribution in [3.63, 3.8) is 0 Å². The molecule has 1 saturated heterocycles. The Morgan fingerprint density at radius 3 is 2.62 bits per heavy atom. The first kappa shape index (κ1) is 16.6. The average Bonchev–Trinajstić information content (AvgIpc) is 2.86. The molecule has 1 heterocycles. The number of amides is 2. The Balaban J connectivity index is 1.60. The molecule has 2 aliphatic rings. The minimum absolute atomic E-state index is 0.0144. The lowest BCUT2D eigenvalue weighted by molar-refractivity contribution is 0.113. The molecule has 0 aromatic carbocycles. The van der Waals surface area contributed by atoms with Crippen molar-refractivity contribution in [3.8, 4) is 0 Å². The Labute approximate surface area is 128 Å². The van der Waals surface area contributed by atoms with Gasteiger partial charge in [-0.15, -0.1) is 0 Å². The second-order valence-electron chi connectivity index (χ2n) is 6.89. The van der Waals surface area contributed by atoms with E-state index in [9.17, 15) is 9.90 Å². The second kappa shape index (κ2) is 7.99. The first-order valence-corrected chi connectivity index (χ1v) is 8.45. The van der Waals surface area contributed by atoms with Crippen molar-refractivity contribution in [1.82, 2.24) is 15.1 Å². The second-order valence-corrected chi connectivity index (χ2v) is 6.89. The quantitative estimate of drug-likeness (QED) is 0.809. The zero-order valence-electron chi connectivity index (χ0n) is 13.6. The minimum Gasteiger partial charge on any atom is -0.393 e. The highest BCUT2D eigenvalue weighted by atomic mass is 16.3. The van der Waals surface area contributed by atoms with Gasteiger partial charge in [-0.05, 0) is 44.7 Å². The van der Waals surface area contributed by atoms with Crippen LogP contribution in [0.4, 0.5) is 4.79 Å². The third-order valence-corrected chi connectivity index (χ3v) is 5.05. The van der Waals surface area contributed by atoms with Crippen LogP contribution in [0.25, 0.3) is 0 Å². The summed E-state index contributed by atoms with van der Waals surface area (Å²) in [7, 11) is 1.82. The SMILES string of the molecule is CC1CCN(CCNC(=O)N(C)CC2CCCC2O)CC1. The lowest BCUT2D eigenvalue weighted by atomic mass is 9.99. The molecule has 1 aliphatic carbocycles. The fourth-order valence-electron chi connectivity index (χ4n) is 3.41. The monoisotopic (exact) mass is 297 g/mol. The van der Waals surface area contributed by atoms with Gasteiger partial charge in [0.2, 0.25) is 0 Å². The van der Waals surface area contributed by atoms with Gasteiger partial charge in [0.25, 0.3) is 0 Å². The molecular weight excluding hydrogens is 266 g/mol. The number of piperidine rings is 1. The minimum atomic E-state index is -0.226. The van der Waals surface area contributed by atoms with Gasteiger partial charge in [-0.2, -0.15) is 0 Å². The molecule has 0 bridgehead atoms. The van der Waals surface area contributed by atoms with Gasteiger partial charge in [0.1, 0.15) is 0 Å². The van der Waals surface area contributed by atoms with E-state index in [1.54, 1.807) is 4.90 Å². The topological polar surface area (TPSA) is 55.8 Å². The van der Waals surface area contributed by atoms with E-state index in [0.717, 1.165) is 44.8 Å². The van der Waals surface area contributed by atoms with Crippen LogP contribution < -0.4 is 5.32 Å². The molecule has 2 N–H and O–H groups in total. The zero-order chi connectivity index (χ0) is 15.2. The van der Waals surface area contributed by atoms with Crippen molar-refractivity contribution in [2.45, 2.75) is 45.1 Å². The van der Waals surface area contributed by atoms with Crippen molar-refractivity contribution in [2.75, 3.05) is 39.8 Å². The van der Waals surface area contributed by atoms with Crippen LogP contribution in [0.5, 0.6) is 0 Å². The number of hydrogen-bond acceptors (Lipinski definition) is 3. The highest BCUT2D eigenvalue weighted by Crippen LogP contribution is 2.25. The first-order valence-electron chi connectivity index (χ1n) is 8.45. The maximum atomic E-state index is 12.0. The van der Waals surface area contributed by atoms with Crippen LogP contribution >= 0.6 is 0 Å². The number of nitrogens with zero attached hydrogens (tertiary/aromatic N) is 2. The molecule has 122 valence electrons. The third-order valence-electron chi connectivity index (χ3n) is 5.05. The average molecular weight is 297 g/mol. The van der Waals surface area contributed by atoms with E-state index < -0.39 is 0 Å². The van der Waals surface area contributed by atoms with E-state index in [0.29, 0.717) is 13.1 Å². The molecule has 2 rings (SSSR count). The summed E-state index contributed by atoms with van der Waals surface area (Å²) in [5.41, 5.74) is 0. The molecule has 0 radical (unpaired) electrons. The first-order chi connectivity index (χ1) is 10.1. The third kappa shape index (κ3) is 5.15. The Kier molecular flexibility index (Phi) is 6.30. The largest absolute Gasteiger partial charge is 0.393 e. The maximum absolute atomic E-state index is 12.0. The van der Waals surface area contributed by atoms with Crippen LogP contribution in [0, 0.1) is 11.8 Å². The fourth-order valence-corrected chi connectivity index (χ4v) is 3.41. The van der Waals surface area contributed by atoms with Gasteiger partial charge < -0.3 is 20.2 Å². The van der Waals surface area contributed by atoms with E-state index in [-0.39, 0.29) is 18.1 Å². The van der Waals surface area contributed by atoms with Crippen molar-refractivity contribution >= 4 is 6.03 Å². The van der Waals surface area contributed by atoms with Crippen LogP contribution in [0.15, 0.2) is 0 Å². The van der Waals surface area contributed by atoms with Crippen LogP contribution in [-0.4, -0.2) is 66.8 Å². The summed E-state index contributed by atoms with van der Waals surface area (Å²) in [6.45, 7) is 6.94. The summed E-state index contributed by atoms with van der Waals surface area (Å²) in [6, 6.07) is -0.0144. The number of likely N-dealkylation sites (tertiary alicyclic amines) is 1. The summed E-state index contributed by atoms with van der Waals surface area (Å²) in [5.74, 6) is 1.10. The Morgan fingerprint density at radius 1 is 1.29 bits per heavy atom. The van der Waals surface area contributed by atoms with Gasteiger partial charge in [-0.3, -0.25) is 0 Å². The lowest BCUT2D eigenvalue weighted by Crippen LogP contribution is -2.44. The molecule has 21 heavy (non-hydrogen) atoms.